The van der Waals surface area contributed by atoms with Crippen molar-refractivity contribution in [2.24, 2.45) is 5.41 Å². The van der Waals surface area contributed by atoms with E-state index in [1.165, 1.54) is 0 Å². The number of benzene rings is 1. The van der Waals surface area contributed by atoms with Crippen LogP contribution in [0.3, 0.4) is 0 Å². The number of methoxy groups -OCH3 is 1. The number of ether oxygens (including phenoxy) is 1. The molecule has 2 N–H and O–H groups in total. The summed E-state index contributed by atoms with van der Waals surface area (Å²) in [5.74, 6) is 0.916. The van der Waals surface area contributed by atoms with Gasteiger partial charge in [-0.2, -0.15) is 4.98 Å². The Bertz CT molecular complexity index is 605. The fourth-order valence-corrected chi connectivity index (χ4v) is 2.39. The summed E-state index contributed by atoms with van der Waals surface area (Å²) < 4.78 is 11.6. The summed E-state index contributed by atoms with van der Waals surface area (Å²) in [6.45, 7) is 6.18. The SMILES string of the molecule is COC(c1noc(-c2cccc(Br)c2N)n1)C(C)(C)C. The van der Waals surface area contributed by atoms with Crippen LogP contribution in [0.4, 0.5) is 5.69 Å². The highest BCUT2D eigenvalue weighted by Gasteiger charge is 2.31. The number of nitrogens with two attached hydrogens (primary N) is 1. The van der Waals surface area contributed by atoms with Crippen molar-refractivity contribution in [2.45, 2.75) is 26.9 Å². The molecule has 0 bridgehead atoms. The highest BCUT2D eigenvalue weighted by Crippen LogP contribution is 2.36. The van der Waals surface area contributed by atoms with Crippen molar-refractivity contribution >= 4 is 21.6 Å². The van der Waals surface area contributed by atoms with E-state index in [1.54, 1.807) is 7.11 Å². The number of rotatable bonds is 3. The van der Waals surface area contributed by atoms with Gasteiger partial charge in [0.1, 0.15) is 6.10 Å². The average Bonchev–Trinajstić information content (AvgIpc) is 2.81. The van der Waals surface area contributed by atoms with Crippen LogP contribution in [0.15, 0.2) is 27.2 Å². The predicted octanol–water partition coefficient (Wildman–Crippen LogP) is 3.81. The summed E-state index contributed by atoms with van der Waals surface area (Å²) in [5.41, 5.74) is 7.17. The van der Waals surface area contributed by atoms with Crippen LogP contribution in [0, 0.1) is 5.41 Å². The van der Waals surface area contributed by atoms with E-state index in [1.807, 2.05) is 18.2 Å². The zero-order valence-corrected chi connectivity index (χ0v) is 13.6. The summed E-state index contributed by atoms with van der Waals surface area (Å²) in [4.78, 5) is 4.42. The van der Waals surface area contributed by atoms with E-state index in [0.717, 1.165) is 4.47 Å². The van der Waals surface area contributed by atoms with Crippen molar-refractivity contribution in [2.75, 3.05) is 12.8 Å². The van der Waals surface area contributed by atoms with E-state index >= 15 is 0 Å². The molecule has 20 heavy (non-hydrogen) atoms. The monoisotopic (exact) mass is 339 g/mol. The van der Waals surface area contributed by atoms with E-state index in [9.17, 15) is 0 Å². The lowest BCUT2D eigenvalue weighted by atomic mass is 9.88. The van der Waals surface area contributed by atoms with Crippen molar-refractivity contribution in [3.63, 3.8) is 0 Å². The zero-order valence-electron chi connectivity index (χ0n) is 12.0. The summed E-state index contributed by atoms with van der Waals surface area (Å²) in [6, 6.07) is 5.58. The van der Waals surface area contributed by atoms with Crippen LogP contribution in [-0.4, -0.2) is 17.3 Å². The normalized spacial score (nSPS) is 13.4. The summed E-state index contributed by atoms with van der Waals surface area (Å²) in [6.07, 6.45) is -0.242. The molecule has 108 valence electrons. The molecule has 1 aromatic carbocycles. The number of anilines is 1. The van der Waals surface area contributed by atoms with Crippen molar-refractivity contribution in [1.82, 2.24) is 10.1 Å². The molecule has 0 aliphatic rings. The first-order valence-electron chi connectivity index (χ1n) is 6.25. The van der Waals surface area contributed by atoms with Crippen LogP contribution in [0.25, 0.3) is 11.5 Å². The molecule has 1 atom stereocenters. The Kier molecular flexibility index (Phi) is 4.15. The van der Waals surface area contributed by atoms with Crippen LogP contribution in [0.2, 0.25) is 0 Å². The Hall–Kier alpha value is -1.40. The molecule has 0 spiro atoms. The van der Waals surface area contributed by atoms with E-state index in [-0.39, 0.29) is 11.5 Å². The zero-order chi connectivity index (χ0) is 14.9. The van der Waals surface area contributed by atoms with Crippen LogP contribution >= 0.6 is 15.9 Å². The highest BCUT2D eigenvalue weighted by atomic mass is 79.9. The van der Waals surface area contributed by atoms with Gasteiger partial charge in [-0.05, 0) is 33.5 Å². The Morgan fingerprint density at radius 1 is 1.35 bits per heavy atom. The third-order valence-electron chi connectivity index (χ3n) is 2.98. The number of hydrogen-bond donors (Lipinski definition) is 1. The van der Waals surface area contributed by atoms with Crippen molar-refractivity contribution < 1.29 is 9.26 Å². The lowest BCUT2D eigenvalue weighted by Crippen LogP contribution is -2.21. The van der Waals surface area contributed by atoms with E-state index in [4.69, 9.17) is 15.0 Å². The summed E-state index contributed by atoms with van der Waals surface area (Å²) in [7, 11) is 1.64. The third-order valence-corrected chi connectivity index (χ3v) is 3.67. The first kappa shape index (κ1) is 15.0. The molecule has 1 heterocycles. The molecule has 0 fully saturated rings. The maximum absolute atomic E-state index is 6.01. The first-order valence-corrected chi connectivity index (χ1v) is 7.04. The fraction of sp³-hybridized carbons (Fsp3) is 0.429. The van der Waals surface area contributed by atoms with Gasteiger partial charge in [-0.3, -0.25) is 0 Å². The Labute approximate surface area is 126 Å². The van der Waals surface area contributed by atoms with Crippen LogP contribution in [0.1, 0.15) is 32.7 Å². The fourth-order valence-electron chi connectivity index (χ4n) is 2.02. The van der Waals surface area contributed by atoms with Crippen molar-refractivity contribution in [1.29, 1.82) is 0 Å². The Morgan fingerprint density at radius 3 is 2.65 bits per heavy atom. The third kappa shape index (κ3) is 2.86. The molecule has 5 nitrogen and oxygen atoms in total. The standard InChI is InChI=1S/C14H18BrN3O2/c1-14(2,3)11(19-4)12-17-13(20-18-12)8-6-5-7-9(15)10(8)16/h5-7,11H,16H2,1-4H3. The predicted molar refractivity (Wildman–Crippen MR) is 81.1 cm³/mol. The number of nitrogens with zero attached hydrogens (tertiary/aromatic N) is 2. The molecule has 0 saturated carbocycles. The van der Waals surface area contributed by atoms with Gasteiger partial charge < -0.3 is 15.0 Å². The average molecular weight is 340 g/mol. The summed E-state index contributed by atoms with van der Waals surface area (Å²) >= 11 is 3.38. The minimum absolute atomic E-state index is 0.126. The van der Waals surface area contributed by atoms with Gasteiger partial charge in [-0.25, -0.2) is 0 Å². The van der Waals surface area contributed by atoms with Crippen LogP contribution in [0.5, 0.6) is 0 Å². The second kappa shape index (κ2) is 5.54. The van der Waals surface area contributed by atoms with Crippen molar-refractivity contribution in [3.05, 3.63) is 28.5 Å². The van der Waals surface area contributed by atoms with Crippen LogP contribution in [-0.2, 0) is 4.74 Å². The van der Waals surface area contributed by atoms with Gasteiger partial charge in [0.25, 0.3) is 5.89 Å². The summed E-state index contributed by atoms with van der Waals surface area (Å²) in [5, 5.41) is 4.02. The lowest BCUT2D eigenvalue weighted by molar-refractivity contribution is 0.00718. The van der Waals surface area contributed by atoms with Gasteiger partial charge in [-0.15, -0.1) is 0 Å². The van der Waals surface area contributed by atoms with E-state index < -0.39 is 0 Å². The molecular weight excluding hydrogens is 322 g/mol. The molecule has 0 amide bonds. The number of nitrogen functional groups attached to an aromatic ring is 1. The molecule has 1 aromatic heterocycles. The molecular formula is C14H18BrN3O2. The Morgan fingerprint density at radius 2 is 2.05 bits per heavy atom. The molecule has 6 heteroatoms. The number of para-hydroxylation sites is 1. The van der Waals surface area contributed by atoms with Gasteiger partial charge in [0.05, 0.1) is 11.3 Å². The molecule has 2 aromatic rings. The van der Waals surface area contributed by atoms with Gasteiger partial charge in [0.15, 0.2) is 0 Å². The molecule has 0 aliphatic heterocycles. The Balaban J connectivity index is 2.41. The molecule has 1 unspecified atom stereocenters. The molecule has 2 rings (SSSR count). The molecule has 0 radical (unpaired) electrons. The van der Waals surface area contributed by atoms with Crippen LogP contribution < -0.4 is 5.73 Å². The van der Waals surface area contributed by atoms with Gasteiger partial charge in [0.2, 0.25) is 5.82 Å². The second-order valence-corrected chi connectivity index (χ2v) is 6.49. The quantitative estimate of drug-likeness (QED) is 0.860. The molecule has 0 aliphatic carbocycles. The smallest absolute Gasteiger partial charge is 0.260 e. The number of halogens is 1. The van der Waals surface area contributed by atoms with E-state index in [2.05, 4.69) is 46.8 Å². The number of hydrogen-bond acceptors (Lipinski definition) is 5. The second-order valence-electron chi connectivity index (χ2n) is 5.64. The van der Waals surface area contributed by atoms with E-state index in [0.29, 0.717) is 23.0 Å². The molecule has 0 saturated heterocycles. The first-order chi connectivity index (χ1) is 9.34. The van der Waals surface area contributed by atoms with Gasteiger partial charge in [-0.1, -0.05) is 32.0 Å². The maximum atomic E-state index is 6.01. The maximum Gasteiger partial charge on any atom is 0.260 e. The largest absolute Gasteiger partial charge is 0.397 e. The minimum atomic E-state index is -0.242. The van der Waals surface area contributed by atoms with Gasteiger partial charge in [0, 0.05) is 11.6 Å². The number of aromatic nitrogens is 2. The van der Waals surface area contributed by atoms with Crippen molar-refractivity contribution in [3.8, 4) is 11.5 Å². The lowest BCUT2D eigenvalue weighted by Gasteiger charge is -2.26. The minimum Gasteiger partial charge on any atom is -0.397 e. The van der Waals surface area contributed by atoms with Gasteiger partial charge >= 0.3 is 0 Å². The highest BCUT2D eigenvalue weighted by molar-refractivity contribution is 9.10. The topological polar surface area (TPSA) is 74.2 Å².